The molecule has 0 saturated heterocycles. The van der Waals surface area contributed by atoms with E-state index >= 15 is 0 Å². The Morgan fingerprint density at radius 3 is 1.94 bits per heavy atom. The number of hydrogen-bond donors (Lipinski definition) is 3. The predicted molar refractivity (Wildman–Crippen MR) is 119 cm³/mol. The standard InChI is InChI=1S/C23H35N3O5/c1-14(2)18(20(29)31-13-17(27)24-21(30)26-23(6,7)8)25-19(28)15-9-11-16(12-10-15)22(3,4)5/h9-12,14,18H,13H2,1-8H3,(H,25,28)(H2,24,26,27,30)/t18-/m0/s1. The number of hydrogen-bond acceptors (Lipinski definition) is 5. The number of nitrogens with one attached hydrogen (secondary N) is 3. The third-order valence-corrected chi connectivity index (χ3v) is 4.31. The number of esters is 1. The van der Waals surface area contributed by atoms with E-state index in [0.717, 1.165) is 5.56 Å². The lowest BCUT2D eigenvalue weighted by Crippen LogP contribution is -2.50. The Morgan fingerprint density at radius 1 is 0.935 bits per heavy atom. The summed E-state index contributed by atoms with van der Waals surface area (Å²) in [6.07, 6.45) is 0. The molecule has 1 aromatic rings. The van der Waals surface area contributed by atoms with Gasteiger partial charge in [0.15, 0.2) is 6.61 Å². The summed E-state index contributed by atoms with van der Waals surface area (Å²) in [6.45, 7) is 14.4. The van der Waals surface area contributed by atoms with Gasteiger partial charge in [-0.25, -0.2) is 9.59 Å². The molecule has 1 aromatic carbocycles. The third-order valence-electron chi connectivity index (χ3n) is 4.31. The zero-order valence-electron chi connectivity index (χ0n) is 19.7. The van der Waals surface area contributed by atoms with Gasteiger partial charge in [0.05, 0.1) is 0 Å². The highest BCUT2D eigenvalue weighted by Gasteiger charge is 2.27. The minimum atomic E-state index is -0.939. The maximum Gasteiger partial charge on any atom is 0.329 e. The molecule has 0 radical (unpaired) electrons. The summed E-state index contributed by atoms with van der Waals surface area (Å²) in [5.74, 6) is -2.19. The van der Waals surface area contributed by atoms with Gasteiger partial charge in [-0.15, -0.1) is 0 Å². The second kappa shape index (κ2) is 10.4. The van der Waals surface area contributed by atoms with Crippen molar-refractivity contribution >= 4 is 23.8 Å². The molecule has 0 spiro atoms. The Labute approximate surface area is 184 Å². The molecule has 4 amide bonds. The van der Waals surface area contributed by atoms with Gasteiger partial charge in [-0.3, -0.25) is 14.9 Å². The SMILES string of the molecule is CC(C)[C@H](NC(=O)c1ccc(C(C)(C)C)cc1)C(=O)OCC(=O)NC(=O)NC(C)(C)C. The van der Waals surface area contributed by atoms with Gasteiger partial charge in [-0.05, 0) is 49.8 Å². The lowest BCUT2D eigenvalue weighted by Gasteiger charge is -2.22. The number of carbonyl (C=O) groups excluding carboxylic acids is 4. The summed E-state index contributed by atoms with van der Waals surface area (Å²) in [6, 6.07) is 5.56. The van der Waals surface area contributed by atoms with Crippen LogP contribution in [0.2, 0.25) is 0 Å². The molecule has 172 valence electrons. The monoisotopic (exact) mass is 433 g/mol. The van der Waals surface area contributed by atoms with Gasteiger partial charge in [0.25, 0.3) is 11.8 Å². The molecule has 0 fully saturated rings. The first-order valence-electron chi connectivity index (χ1n) is 10.3. The second-order valence-corrected chi connectivity index (χ2v) is 9.88. The Bertz CT molecular complexity index is 802. The highest BCUT2D eigenvalue weighted by molar-refractivity contribution is 5.98. The van der Waals surface area contributed by atoms with Crippen molar-refractivity contribution in [1.29, 1.82) is 0 Å². The van der Waals surface area contributed by atoms with E-state index in [1.807, 2.05) is 12.1 Å². The smallest absolute Gasteiger partial charge is 0.329 e. The van der Waals surface area contributed by atoms with Crippen LogP contribution in [-0.2, 0) is 19.7 Å². The van der Waals surface area contributed by atoms with Gasteiger partial charge >= 0.3 is 12.0 Å². The Balaban J connectivity index is 2.68. The van der Waals surface area contributed by atoms with E-state index in [1.54, 1.807) is 46.8 Å². The molecule has 0 saturated carbocycles. The van der Waals surface area contributed by atoms with E-state index in [1.165, 1.54) is 0 Å². The number of imide groups is 1. The molecule has 1 rings (SSSR count). The molecule has 0 heterocycles. The molecule has 8 nitrogen and oxygen atoms in total. The average molecular weight is 434 g/mol. The van der Waals surface area contributed by atoms with Gasteiger partial charge < -0.3 is 15.4 Å². The highest BCUT2D eigenvalue weighted by atomic mass is 16.5. The molecule has 0 aromatic heterocycles. The van der Waals surface area contributed by atoms with Gasteiger partial charge in [-0.1, -0.05) is 46.8 Å². The van der Waals surface area contributed by atoms with Crippen molar-refractivity contribution in [2.24, 2.45) is 5.92 Å². The van der Waals surface area contributed by atoms with Crippen LogP contribution in [0.1, 0.15) is 71.3 Å². The molecule has 0 aliphatic carbocycles. The number of ether oxygens (including phenoxy) is 1. The van der Waals surface area contributed by atoms with Crippen molar-refractivity contribution in [3.05, 3.63) is 35.4 Å². The average Bonchev–Trinajstić information content (AvgIpc) is 2.61. The van der Waals surface area contributed by atoms with Crippen LogP contribution in [0.4, 0.5) is 4.79 Å². The quantitative estimate of drug-likeness (QED) is 0.597. The molecule has 0 bridgehead atoms. The van der Waals surface area contributed by atoms with E-state index in [2.05, 4.69) is 36.7 Å². The Hall–Kier alpha value is -2.90. The zero-order valence-corrected chi connectivity index (χ0v) is 19.7. The minimum Gasteiger partial charge on any atom is -0.454 e. The van der Waals surface area contributed by atoms with E-state index in [9.17, 15) is 19.2 Å². The maximum absolute atomic E-state index is 12.6. The summed E-state index contributed by atoms with van der Waals surface area (Å²) in [4.78, 5) is 48.6. The van der Waals surface area contributed by atoms with Crippen molar-refractivity contribution in [2.75, 3.05) is 6.61 Å². The largest absolute Gasteiger partial charge is 0.454 e. The number of amides is 4. The first-order valence-corrected chi connectivity index (χ1v) is 10.3. The molecule has 0 aliphatic rings. The van der Waals surface area contributed by atoms with Crippen molar-refractivity contribution < 1.29 is 23.9 Å². The van der Waals surface area contributed by atoms with Crippen molar-refractivity contribution in [3.63, 3.8) is 0 Å². The molecule has 0 unspecified atom stereocenters. The summed E-state index contributed by atoms with van der Waals surface area (Å²) < 4.78 is 5.01. The summed E-state index contributed by atoms with van der Waals surface area (Å²) >= 11 is 0. The molecular formula is C23H35N3O5. The van der Waals surface area contributed by atoms with Crippen LogP contribution in [0.15, 0.2) is 24.3 Å². The molecule has 0 aliphatic heterocycles. The predicted octanol–water partition coefficient (Wildman–Crippen LogP) is 2.91. The normalized spacial score (nSPS) is 12.7. The van der Waals surface area contributed by atoms with Crippen LogP contribution in [0.5, 0.6) is 0 Å². The Kier molecular flexibility index (Phi) is 8.78. The first-order chi connectivity index (χ1) is 14.1. The fraction of sp³-hybridized carbons (Fsp3) is 0.565. The van der Waals surface area contributed by atoms with E-state index < -0.39 is 42.0 Å². The van der Waals surface area contributed by atoms with E-state index in [-0.39, 0.29) is 11.3 Å². The Morgan fingerprint density at radius 2 is 1.48 bits per heavy atom. The van der Waals surface area contributed by atoms with Crippen LogP contribution in [0.25, 0.3) is 0 Å². The lowest BCUT2D eigenvalue weighted by atomic mass is 9.86. The molecular weight excluding hydrogens is 398 g/mol. The van der Waals surface area contributed by atoms with E-state index in [4.69, 9.17) is 4.74 Å². The van der Waals surface area contributed by atoms with Crippen LogP contribution in [0, 0.1) is 5.92 Å². The number of rotatable bonds is 6. The fourth-order valence-corrected chi connectivity index (χ4v) is 2.60. The van der Waals surface area contributed by atoms with Gasteiger partial charge in [0.1, 0.15) is 6.04 Å². The van der Waals surface area contributed by atoms with Crippen LogP contribution in [-0.4, -0.2) is 42.0 Å². The zero-order chi connectivity index (χ0) is 24.0. The summed E-state index contributed by atoms with van der Waals surface area (Å²) in [5, 5.41) is 7.32. The maximum atomic E-state index is 12.6. The lowest BCUT2D eigenvalue weighted by molar-refractivity contribution is -0.151. The van der Waals surface area contributed by atoms with E-state index in [0.29, 0.717) is 5.56 Å². The van der Waals surface area contributed by atoms with Gasteiger partial charge in [0.2, 0.25) is 0 Å². The molecule has 1 atom stereocenters. The molecule has 8 heteroatoms. The number of carbonyl (C=O) groups is 4. The topological polar surface area (TPSA) is 114 Å². The first kappa shape index (κ1) is 26.1. The third kappa shape index (κ3) is 9.19. The molecule has 3 N–H and O–H groups in total. The summed E-state index contributed by atoms with van der Waals surface area (Å²) in [7, 11) is 0. The van der Waals surface area contributed by atoms with Crippen molar-refractivity contribution in [3.8, 4) is 0 Å². The van der Waals surface area contributed by atoms with Crippen molar-refractivity contribution in [2.45, 2.75) is 72.4 Å². The van der Waals surface area contributed by atoms with Crippen LogP contribution >= 0.6 is 0 Å². The van der Waals surface area contributed by atoms with Crippen LogP contribution in [0.3, 0.4) is 0 Å². The van der Waals surface area contributed by atoms with Crippen molar-refractivity contribution in [1.82, 2.24) is 16.0 Å². The summed E-state index contributed by atoms with van der Waals surface area (Å²) in [5.41, 5.74) is 0.955. The highest BCUT2D eigenvalue weighted by Crippen LogP contribution is 2.22. The van der Waals surface area contributed by atoms with Gasteiger partial charge in [-0.2, -0.15) is 0 Å². The van der Waals surface area contributed by atoms with Gasteiger partial charge in [0, 0.05) is 11.1 Å². The molecule has 31 heavy (non-hydrogen) atoms. The minimum absolute atomic E-state index is 0.0381. The number of urea groups is 1. The van der Waals surface area contributed by atoms with Crippen LogP contribution < -0.4 is 16.0 Å². The number of benzene rings is 1. The second-order valence-electron chi connectivity index (χ2n) is 9.88. The fourth-order valence-electron chi connectivity index (χ4n) is 2.60.